The SMILES string of the molecule is CC(=O)O[C@H]1C=C[C@H]2[C@H]3Cc4ccc(O)c5c4[C@@]2(CCN3C)[C@H]1O5. The van der Waals surface area contributed by atoms with Crippen LogP contribution in [-0.4, -0.2) is 47.8 Å². The number of likely N-dealkylation sites (tertiary alicyclic amines) is 1. The van der Waals surface area contributed by atoms with Crippen molar-refractivity contribution in [2.75, 3.05) is 13.6 Å². The summed E-state index contributed by atoms with van der Waals surface area (Å²) in [4.78, 5) is 14.0. The number of piperidine rings is 1. The average Bonchev–Trinajstić information content (AvgIpc) is 2.89. The van der Waals surface area contributed by atoms with Crippen LogP contribution in [0.15, 0.2) is 24.3 Å². The van der Waals surface area contributed by atoms with E-state index in [4.69, 9.17) is 9.47 Å². The zero-order chi connectivity index (χ0) is 16.6. The molecule has 1 fully saturated rings. The van der Waals surface area contributed by atoms with E-state index in [1.807, 2.05) is 12.1 Å². The van der Waals surface area contributed by atoms with E-state index in [0.717, 1.165) is 24.9 Å². The van der Waals surface area contributed by atoms with Crippen LogP contribution in [0.4, 0.5) is 0 Å². The lowest BCUT2D eigenvalue weighted by Gasteiger charge is -2.56. The van der Waals surface area contributed by atoms with Crippen molar-refractivity contribution in [1.82, 2.24) is 4.90 Å². The van der Waals surface area contributed by atoms with Crippen molar-refractivity contribution < 1.29 is 19.4 Å². The number of aromatic hydroxyl groups is 1. The molecule has 0 aromatic heterocycles. The van der Waals surface area contributed by atoms with E-state index in [9.17, 15) is 9.90 Å². The molecule has 1 N–H and O–H groups in total. The van der Waals surface area contributed by atoms with Crippen LogP contribution in [0.25, 0.3) is 0 Å². The van der Waals surface area contributed by atoms with E-state index in [0.29, 0.717) is 17.7 Å². The minimum atomic E-state index is -0.402. The fourth-order valence-corrected chi connectivity index (χ4v) is 5.51. The maximum atomic E-state index is 11.6. The molecule has 1 saturated heterocycles. The van der Waals surface area contributed by atoms with Crippen molar-refractivity contribution in [3.05, 3.63) is 35.4 Å². The van der Waals surface area contributed by atoms with E-state index in [1.165, 1.54) is 12.5 Å². The standard InChI is InChI=1S/C19H21NO4/c1-10(21)23-15-6-4-12-13-9-11-3-5-14(22)17-16(11)19(12,18(15)24-17)7-8-20(13)2/h3-6,12-13,15,18,22H,7-9H2,1-2H3/t12-,13+,15-,18-,19-/m0/s1. The van der Waals surface area contributed by atoms with Gasteiger partial charge in [-0.3, -0.25) is 4.79 Å². The summed E-state index contributed by atoms with van der Waals surface area (Å²) in [7, 11) is 2.18. The molecule has 24 heavy (non-hydrogen) atoms. The second-order valence-electron chi connectivity index (χ2n) is 7.51. The Morgan fingerprint density at radius 1 is 1.42 bits per heavy atom. The molecule has 0 radical (unpaired) electrons. The summed E-state index contributed by atoms with van der Waals surface area (Å²) in [6, 6.07) is 4.18. The first-order valence-corrected chi connectivity index (χ1v) is 8.60. The fraction of sp³-hybridized carbons (Fsp3) is 0.526. The molecule has 1 spiro atoms. The highest BCUT2D eigenvalue weighted by atomic mass is 16.6. The minimum absolute atomic E-state index is 0.190. The molecule has 126 valence electrons. The smallest absolute Gasteiger partial charge is 0.303 e. The van der Waals surface area contributed by atoms with Crippen LogP contribution in [0.2, 0.25) is 0 Å². The van der Waals surface area contributed by atoms with Crippen LogP contribution < -0.4 is 4.74 Å². The Morgan fingerprint density at radius 3 is 3.04 bits per heavy atom. The van der Waals surface area contributed by atoms with E-state index in [2.05, 4.69) is 18.0 Å². The molecule has 2 bridgehead atoms. The highest BCUT2D eigenvalue weighted by molar-refractivity contribution is 5.67. The van der Waals surface area contributed by atoms with Crippen molar-refractivity contribution in [2.45, 2.75) is 43.4 Å². The van der Waals surface area contributed by atoms with Crippen LogP contribution in [-0.2, 0) is 21.4 Å². The van der Waals surface area contributed by atoms with Crippen LogP contribution in [0.3, 0.4) is 0 Å². The molecule has 5 nitrogen and oxygen atoms in total. The molecule has 1 aromatic carbocycles. The minimum Gasteiger partial charge on any atom is -0.504 e. The fourth-order valence-electron chi connectivity index (χ4n) is 5.51. The average molecular weight is 327 g/mol. The summed E-state index contributed by atoms with van der Waals surface area (Å²) >= 11 is 0. The Labute approximate surface area is 140 Å². The largest absolute Gasteiger partial charge is 0.504 e. The third kappa shape index (κ3) is 1.56. The zero-order valence-electron chi connectivity index (χ0n) is 13.9. The van der Waals surface area contributed by atoms with Crippen molar-refractivity contribution >= 4 is 5.97 Å². The second-order valence-corrected chi connectivity index (χ2v) is 7.51. The van der Waals surface area contributed by atoms with Gasteiger partial charge >= 0.3 is 5.97 Å². The molecule has 0 saturated carbocycles. The summed E-state index contributed by atoms with van der Waals surface area (Å²) in [5.74, 6) is 0.814. The summed E-state index contributed by atoms with van der Waals surface area (Å²) in [6.45, 7) is 2.41. The number of rotatable bonds is 1. The van der Waals surface area contributed by atoms with Gasteiger partial charge in [0.2, 0.25) is 0 Å². The number of benzene rings is 1. The summed E-state index contributed by atoms with van der Waals surface area (Å²) in [5.41, 5.74) is 2.21. The van der Waals surface area contributed by atoms with Gasteiger partial charge in [0, 0.05) is 29.9 Å². The topological polar surface area (TPSA) is 59.0 Å². The normalized spacial score (nSPS) is 38.4. The summed E-state index contributed by atoms with van der Waals surface area (Å²) in [5, 5.41) is 10.4. The Balaban J connectivity index is 1.74. The van der Waals surface area contributed by atoms with Gasteiger partial charge in [-0.2, -0.15) is 0 Å². The predicted molar refractivity (Wildman–Crippen MR) is 87.1 cm³/mol. The lowest BCUT2D eigenvalue weighted by Crippen LogP contribution is -2.65. The van der Waals surface area contributed by atoms with Gasteiger partial charge in [-0.15, -0.1) is 0 Å². The third-order valence-electron chi connectivity index (χ3n) is 6.43. The number of carbonyl (C=O) groups excluding carboxylic acids is 1. The molecule has 5 rings (SSSR count). The Hall–Kier alpha value is -2.01. The molecule has 1 aromatic rings. The molecule has 2 aliphatic carbocycles. The van der Waals surface area contributed by atoms with Crippen molar-refractivity contribution in [3.63, 3.8) is 0 Å². The highest BCUT2D eigenvalue weighted by Gasteiger charge is 2.64. The van der Waals surface area contributed by atoms with Gasteiger partial charge in [0.15, 0.2) is 17.6 Å². The number of hydrogen-bond acceptors (Lipinski definition) is 5. The van der Waals surface area contributed by atoms with E-state index in [-0.39, 0.29) is 23.2 Å². The Bertz CT molecular complexity index is 773. The predicted octanol–water partition coefficient (Wildman–Crippen LogP) is 1.77. The monoisotopic (exact) mass is 327 g/mol. The number of ether oxygens (including phenoxy) is 2. The van der Waals surface area contributed by atoms with Crippen molar-refractivity contribution in [3.8, 4) is 11.5 Å². The summed E-state index contributed by atoms with van der Waals surface area (Å²) < 4.78 is 11.8. The maximum absolute atomic E-state index is 11.6. The van der Waals surface area contributed by atoms with Crippen molar-refractivity contribution in [2.24, 2.45) is 5.92 Å². The number of nitrogens with zero attached hydrogens (tertiary/aromatic N) is 1. The molecule has 2 aliphatic heterocycles. The van der Waals surface area contributed by atoms with Crippen LogP contribution in [0, 0.1) is 5.92 Å². The highest BCUT2D eigenvalue weighted by Crippen LogP contribution is 2.62. The summed E-state index contributed by atoms with van der Waals surface area (Å²) in [6.07, 6.45) is 5.45. The second kappa shape index (κ2) is 4.54. The molecule has 5 heteroatoms. The number of phenolic OH excluding ortho intramolecular Hbond substituents is 1. The number of likely N-dealkylation sites (N-methyl/N-ethyl adjacent to an activating group) is 1. The number of esters is 1. The molecule has 4 aliphatic rings. The first kappa shape index (κ1) is 14.3. The lowest BCUT2D eigenvalue weighted by molar-refractivity contribution is -0.152. The van der Waals surface area contributed by atoms with Crippen LogP contribution >= 0.6 is 0 Å². The van der Waals surface area contributed by atoms with Gasteiger partial charge in [0.05, 0.1) is 0 Å². The lowest BCUT2D eigenvalue weighted by atomic mass is 9.53. The molecule has 5 atom stereocenters. The quantitative estimate of drug-likeness (QED) is 0.629. The number of hydrogen-bond donors (Lipinski definition) is 1. The third-order valence-corrected chi connectivity index (χ3v) is 6.43. The van der Waals surface area contributed by atoms with Crippen LogP contribution in [0.5, 0.6) is 11.5 Å². The number of phenols is 1. The molecule has 0 unspecified atom stereocenters. The van der Waals surface area contributed by atoms with Crippen LogP contribution in [0.1, 0.15) is 24.5 Å². The van der Waals surface area contributed by atoms with E-state index >= 15 is 0 Å². The zero-order valence-corrected chi connectivity index (χ0v) is 13.9. The van der Waals surface area contributed by atoms with Gasteiger partial charge in [-0.05, 0) is 44.1 Å². The number of carbonyl (C=O) groups is 1. The van der Waals surface area contributed by atoms with Gasteiger partial charge in [0.1, 0.15) is 6.10 Å². The van der Waals surface area contributed by atoms with E-state index < -0.39 is 6.10 Å². The van der Waals surface area contributed by atoms with Gasteiger partial charge < -0.3 is 19.5 Å². The first-order valence-electron chi connectivity index (χ1n) is 8.60. The van der Waals surface area contributed by atoms with Gasteiger partial charge in [-0.1, -0.05) is 12.1 Å². The van der Waals surface area contributed by atoms with E-state index in [1.54, 1.807) is 6.07 Å². The first-order chi connectivity index (χ1) is 11.5. The molecule has 0 amide bonds. The molecular formula is C19H21NO4. The van der Waals surface area contributed by atoms with Gasteiger partial charge in [-0.25, -0.2) is 0 Å². The molecule has 2 heterocycles. The Kier molecular flexibility index (Phi) is 2.71. The molecular weight excluding hydrogens is 306 g/mol. The Morgan fingerprint density at radius 2 is 2.25 bits per heavy atom. The van der Waals surface area contributed by atoms with Gasteiger partial charge in [0.25, 0.3) is 0 Å². The van der Waals surface area contributed by atoms with Crippen molar-refractivity contribution in [1.29, 1.82) is 0 Å². The maximum Gasteiger partial charge on any atom is 0.303 e.